The molecule has 1 spiro atoms. The van der Waals surface area contributed by atoms with Crippen molar-refractivity contribution in [2.45, 2.75) is 65.3 Å². The molecule has 1 unspecified atom stereocenters. The van der Waals surface area contributed by atoms with Crippen LogP contribution in [0.2, 0.25) is 0 Å². The van der Waals surface area contributed by atoms with Crippen LogP contribution < -0.4 is 14.6 Å². The highest BCUT2D eigenvalue weighted by Gasteiger charge is 2.65. The molecule has 1 fully saturated rings. The molecule has 1 saturated heterocycles. The van der Waals surface area contributed by atoms with E-state index in [9.17, 15) is 0 Å². The molecule has 35 heavy (non-hydrogen) atoms. The van der Waals surface area contributed by atoms with Crippen molar-refractivity contribution in [2.24, 2.45) is 5.10 Å². The van der Waals surface area contributed by atoms with E-state index in [0.717, 1.165) is 52.2 Å². The molecule has 0 radical (unpaired) electrons. The SMILES string of the molecule is CCCCN1c2ccccc2N(/N=C/c2ccc(OC)cc2)C12C(=S)N(C(C)C)C(=S)N2C(C)C. The zero-order valence-electron chi connectivity index (χ0n) is 21.4. The zero-order chi connectivity index (χ0) is 25.3. The lowest BCUT2D eigenvalue weighted by Gasteiger charge is -2.47. The number of hydrogen-bond donors (Lipinski definition) is 0. The van der Waals surface area contributed by atoms with Crippen molar-refractivity contribution >= 4 is 52.1 Å². The minimum atomic E-state index is -0.827. The van der Waals surface area contributed by atoms with Crippen molar-refractivity contribution < 1.29 is 4.74 Å². The fourth-order valence-corrected chi connectivity index (χ4v) is 6.24. The number of nitrogens with zero attached hydrogens (tertiary/aromatic N) is 5. The van der Waals surface area contributed by atoms with E-state index >= 15 is 0 Å². The first-order valence-corrected chi connectivity index (χ1v) is 13.1. The number of thiocarbonyl (C=S) groups is 2. The van der Waals surface area contributed by atoms with Gasteiger partial charge in [0, 0.05) is 18.6 Å². The predicted molar refractivity (Wildman–Crippen MR) is 154 cm³/mol. The van der Waals surface area contributed by atoms with Crippen molar-refractivity contribution in [3.05, 3.63) is 54.1 Å². The van der Waals surface area contributed by atoms with Gasteiger partial charge in [-0.2, -0.15) is 5.10 Å². The monoisotopic (exact) mass is 509 g/mol. The Morgan fingerprint density at radius 3 is 2.20 bits per heavy atom. The van der Waals surface area contributed by atoms with Gasteiger partial charge in [-0.15, -0.1) is 0 Å². The Morgan fingerprint density at radius 2 is 1.63 bits per heavy atom. The van der Waals surface area contributed by atoms with Gasteiger partial charge in [-0.1, -0.05) is 37.7 Å². The van der Waals surface area contributed by atoms with Crippen LogP contribution in [0.15, 0.2) is 53.6 Å². The Labute approximate surface area is 220 Å². The van der Waals surface area contributed by atoms with E-state index in [-0.39, 0.29) is 12.1 Å². The maximum absolute atomic E-state index is 6.30. The van der Waals surface area contributed by atoms with Gasteiger partial charge in [0.2, 0.25) is 0 Å². The highest BCUT2D eigenvalue weighted by atomic mass is 32.1. The van der Waals surface area contributed by atoms with Gasteiger partial charge in [0.05, 0.1) is 24.7 Å². The van der Waals surface area contributed by atoms with Crippen LogP contribution in [0.1, 0.15) is 53.0 Å². The van der Waals surface area contributed by atoms with Crippen LogP contribution in [0, 0.1) is 0 Å². The van der Waals surface area contributed by atoms with E-state index in [4.69, 9.17) is 34.3 Å². The minimum absolute atomic E-state index is 0.112. The van der Waals surface area contributed by atoms with Crippen LogP contribution in [0.4, 0.5) is 11.4 Å². The third-order valence-corrected chi connectivity index (χ3v) is 7.40. The topological polar surface area (TPSA) is 34.6 Å². The average Bonchev–Trinajstić information content (AvgIpc) is 3.24. The van der Waals surface area contributed by atoms with Gasteiger partial charge in [0.25, 0.3) is 5.79 Å². The summed E-state index contributed by atoms with van der Waals surface area (Å²) in [6, 6.07) is 16.6. The number of rotatable bonds is 8. The van der Waals surface area contributed by atoms with Crippen molar-refractivity contribution in [2.75, 3.05) is 23.6 Å². The molecule has 2 aliphatic heterocycles. The predicted octanol–water partition coefficient (Wildman–Crippen LogP) is 5.86. The molecule has 0 aromatic heterocycles. The number of para-hydroxylation sites is 2. The Morgan fingerprint density at radius 1 is 0.971 bits per heavy atom. The molecule has 0 saturated carbocycles. The number of hydrazone groups is 1. The van der Waals surface area contributed by atoms with E-state index in [2.05, 4.69) is 78.6 Å². The summed E-state index contributed by atoms with van der Waals surface area (Å²) in [7, 11) is 1.67. The van der Waals surface area contributed by atoms with Crippen molar-refractivity contribution in [3.8, 4) is 5.75 Å². The summed E-state index contributed by atoms with van der Waals surface area (Å²) in [6.45, 7) is 11.7. The molecule has 0 aliphatic carbocycles. The molecule has 4 rings (SSSR count). The molecule has 186 valence electrons. The van der Waals surface area contributed by atoms with Gasteiger partial charge >= 0.3 is 0 Å². The molecular weight excluding hydrogens is 474 g/mol. The van der Waals surface area contributed by atoms with Crippen LogP contribution in [0.3, 0.4) is 0 Å². The Hall–Kier alpha value is -2.71. The zero-order valence-corrected chi connectivity index (χ0v) is 23.1. The summed E-state index contributed by atoms with van der Waals surface area (Å²) in [5.41, 5.74) is 3.12. The van der Waals surface area contributed by atoms with E-state index in [1.165, 1.54) is 0 Å². The van der Waals surface area contributed by atoms with Crippen LogP contribution in [-0.4, -0.2) is 57.6 Å². The van der Waals surface area contributed by atoms with Crippen LogP contribution in [-0.2, 0) is 0 Å². The van der Waals surface area contributed by atoms with Gasteiger partial charge in [-0.25, -0.2) is 5.01 Å². The number of benzene rings is 2. The molecular formula is C27H35N5OS2. The van der Waals surface area contributed by atoms with E-state index < -0.39 is 5.79 Å². The summed E-state index contributed by atoms with van der Waals surface area (Å²) in [6.07, 6.45) is 4.01. The number of unbranched alkanes of at least 4 members (excludes halogenated alkanes) is 1. The first-order chi connectivity index (χ1) is 16.8. The van der Waals surface area contributed by atoms with E-state index in [1.807, 2.05) is 30.5 Å². The second-order valence-corrected chi connectivity index (χ2v) is 10.2. The number of anilines is 2. The number of fused-ring (bicyclic) bond motifs is 1. The van der Waals surface area contributed by atoms with Gasteiger partial charge in [-0.3, -0.25) is 4.90 Å². The van der Waals surface area contributed by atoms with Gasteiger partial charge < -0.3 is 14.5 Å². The summed E-state index contributed by atoms with van der Waals surface area (Å²) in [5, 5.41) is 7.94. The molecule has 2 aromatic rings. The third-order valence-electron chi connectivity index (χ3n) is 6.53. The maximum atomic E-state index is 6.30. The molecule has 1 atom stereocenters. The maximum Gasteiger partial charge on any atom is 0.267 e. The first-order valence-electron chi connectivity index (χ1n) is 12.3. The summed E-state index contributed by atoms with van der Waals surface area (Å²) >= 11 is 12.4. The fourth-order valence-electron chi connectivity index (χ4n) is 4.95. The van der Waals surface area contributed by atoms with E-state index in [1.54, 1.807) is 7.11 Å². The lowest BCUT2D eigenvalue weighted by molar-refractivity contribution is 0.215. The second kappa shape index (κ2) is 10.1. The molecule has 6 nitrogen and oxygen atoms in total. The van der Waals surface area contributed by atoms with Gasteiger partial charge in [0.15, 0.2) is 10.1 Å². The highest BCUT2D eigenvalue weighted by Crippen LogP contribution is 2.51. The number of hydrogen-bond acceptors (Lipinski definition) is 6. The summed E-state index contributed by atoms with van der Waals surface area (Å²) in [4.78, 5) is 7.57. The quantitative estimate of drug-likeness (QED) is 0.326. The summed E-state index contributed by atoms with van der Waals surface area (Å²) in [5.74, 6) is -0.0103. The average molecular weight is 510 g/mol. The highest BCUT2D eigenvalue weighted by molar-refractivity contribution is 7.82. The molecule has 2 heterocycles. The summed E-state index contributed by atoms with van der Waals surface area (Å²) < 4.78 is 5.32. The van der Waals surface area contributed by atoms with E-state index in [0.29, 0.717) is 0 Å². The van der Waals surface area contributed by atoms with Gasteiger partial charge in [-0.05, 0) is 88.3 Å². The van der Waals surface area contributed by atoms with Crippen LogP contribution in [0.5, 0.6) is 5.75 Å². The van der Waals surface area contributed by atoms with Crippen LogP contribution in [0.25, 0.3) is 0 Å². The number of methoxy groups -OCH3 is 1. The molecule has 0 bridgehead atoms. The van der Waals surface area contributed by atoms with Crippen LogP contribution >= 0.6 is 24.4 Å². The lowest BCUT2D eigenvalue weighted by Crippen LogP contribution is -2.69. The lowest BCUT2D eigenvalue weighted by atomic mass is 10.2. The molecule has 0 amide bonds. The van der Waals surface area contributed by atoms with Crippen molar-refractivity contribution in [1.29, 1.82) is 0 Å². The molecule has 8 heteroatoms. The third kappa shape index (κ3) is 4.06. The largest absolute Gasteiger partial charge is 0.497 e. The second-order valence-electron chi connectivity index (χ2n) is 9.47. The Bertz CT molecular complexity index is 1120. The minimum Gasteiger partial charge on any atom is -0.497 e. The van der Waals surface area contributed by atoms with Crippen molar-refractivity contribution in [3.63, 3.8) is 0 Å². The fraction of sp³-hybridized carbons (Fsp3) is 0.444. The number of ether oxygens (including phenoxy) is 1. The standard InChI is InChI=1S/C27H35N5OS2/c1-7-8-17-29-23-11-9-10-12-24(23)32(28-18-21-13-15-22(33-6)16-14-21)27(29)25(34)30(19(2)3)26(35)31(27)20(4)5/h9-16,18-20H,7-8,17H2,1-6H3/b28-18+. The first kappa shape index (κ1) is 25.4. The van der Waals surface area contributed by atoms with Crippen molar-refractivity contribution in [1.82, 2.24) is 9.80 Å². The molecule has 2 aliphatic rings. The Balaban J connectivity index is 1.93. The van der Waals surface area contributed by atoms with Gasteiger partial charge in [0.1, 0.15) is 5.75 Å². The Kier molecular flexibility index (Phi) is 7.33. The normalized spacial score (nSPS) is 19.9. The molecule has 0 N–H and O–H groups in total. The smallest absolute Gasteiger partial charge is 0.267 e. The molecule has 2 aromatic carbocycles.